The Morgan fingerprint density at radius 2 is 2.20 bits per heavy atom. The molecule has 1 heterocycles. The van der Waals surface area contributed by atoms with E-state index in [-0.39, 0.29) is 18.8 Å². The van der Waals surface area contributed by atoms with Gasteiger partial charge in [-0.05, 0) is 29.3 Å². The number of rotatable bonds is 7. The summed E-state index contributed by atoms with van der Waals surface area (Å²) in [5.41, 5.74) is 0.206. The van der Waals surface area contributed by atoms with Crippen LogP contribution in [0, 0.1) is 10.1 Å². The maximum atomic E-state index is 11.6. The summed E-state index contributed by atoms with van der Waals surface area (Å²) in [7, 11) is 0. The zero-order valence-electron chi connectivity index (χ0n) is 11.3. The van der Waals surface area contributed by atoms with Crippen LogP contribution in [0.3, 0.4) is 0 Å². The fourth-order valence-corrected chi connectivity index (χ4v) is 2.34. The van der Waals surface area contributed by atoms with Gasteiger partial charge in [0.1, 0.15) is 18.4 Å². The van der Waals surface area contributed by atoms with Gasteiger partial charge in [-0.2, -0.15) is 0 Å². The number of carbonyl (C=O) groups is 1. The molecule has 0 fully saturated rings. The monoisotopic (exact) mass is 345 g/mol. The van der Waals surface area contributed by atoms with Gasteiger partial charge in [0, 0.05) is 12.7 Å². The molecular weight excluding hydrogens is 330 g/mol. The van der Waals surface area contributed by atoms with Gasteiger partial charge in [-0.1, -0.05) is 6.92 Å². The molecule has 1 rings (SSSR count). The van der Waals surface area contributed by atoms with Gasteiger partial charge in [0.05, 0.1) is 16.0 Å². The predicted octanol–water partition coefficient (Wildman–Crippen LogP) is 2.53. The minimum absolute atomic E-state index is 0.0366. The van der Waals surface area contributed by atoms with E-state index in [0.29, 0.717) is 16.7 Å². The van der Waals surface area contributed by atoms with E-state index in [1.807, 2.05) is 6.92 Å². The normalized spacial score (nSPS) is 10.2. The van der Waals surface area contributed by atoms with E-state index >= 15 is 0 Å². The van der Waals surface area contributed by atoms with Crippen LogP contribution >= 0.6 is 15.9 Å². The SMILES string of the molecule is CCCN(CC(=O)OCC)c1c(Br)cncc1[N+](=O)[O-]. The zero-order valence-corrected chi connectivity index (χ0v) is 12.9. The van der Waals surface area contributed by atoms with Crippen molar-refractivity contribution in [1.82, 2.24) is 4.98 Å². The quantitative estimate of drug-likeness (QED) is 0.428. The molecule has 7 nitrogen and oxygen atoms in total. The fraction of sp³-hybridized carbons (Fsp3) is 0.500. The predicted molar refractivity (Wildman–Crippen MR) is 77.7 cm³/mol. The average Bonchev–Trinajstić information content (AvgIpc) is 2.38. The Hall–Kier alpha value is -1.70. The number of aromatic nitrogens is 1. The number of anilines is 1. The molecule has 1 aromatic heterocycles. The molecule has 0 aromatic carbocycles. The van der Waals surface area contributed by atoms with Crippen molar-refractivity contribution in [3.63, 3.8) is 0 Å². The van der Waals surface area contributed by atoms with Crippen molar-refractivity contribution >= 4 is 33.3 Å². The standard InChI is InChI=1S/C12H16BrN3O4/c1-3-5-15(8-11(17)20-4-2)12-9(13)6-14-7-10(12)16(18)19/h6-7H,3-5,8H2,1-2H3. The van der Waals surface area contributed by atoms with Crippen molar-refractivity contribution < 1.29 is 14.5 Å². The largest absolute Gasteiger partial charge is 0.465 e. The van der Waals surface area contributed by atoms with Crippen LogP contribution in [0.5, 0.6) is 0 Å². The molecular formula is C12H16BrN3O4. The van der Waals surface area contributed by atoms with Gasteiger partial charge in [0.15, 0.2) is 0 Å². The second kappa shape index (κ2) is 7.78. The zero-order chi connectivity index (χ0) is 15.1. The van der Waals surface area contributed by atoms with E-state index in [1.165, 1.54) is 12.4 Å². The lowest BCUT2D eigenvalue weighted by atomic mass is 10.3. The number of esters is 1. The lowest BCUT2D eigenvalue weighted by molar-refractivity contribution is -0.384. The molecule has 0 N–H and O–H groups in total. The third-order valence-corrected chi connectivity index (χ3v) is 3.07. The maximum absolute atomic E-state index is 11.6. The highest BCUT2D eigenvalue weighted by atomic mass is 79.9. The van der Waals surface area contributed by atoms with E-state index < -0.39 is 10.9 Å². The van der Waals surface area contributed by atoms with Gasteiger partial charge in [-0.25, -0.2) is 0 Å². The van der Waals surface area contributed by atoms with E-state index in [1.54, 1.807) is 11.8 Å². The molecule has 0 atom stereocenters. The first-order valence-electron chi connectivity index (χ1n) is 6.19. The summed E-state index contributed by atoms with van der Waals surface area (Å²) in [6.45, 7) is 4.39. The van der Waals surface area contributed by atoms with E-state index in [9.17, 15) is 14.9 Å². The van der Waals surface area contributed by atoms with Crippen LogP contribution < -0.4 is 4.90 Å². The second-order valence-corrected chi connectivity index (χ2v) is 4.83. The number of nitrogens with zero attached hydrogens (tertiary/aromatic N) is 3. The van der Waals surface area contributed by atoms with Gasteiger partial charge in [0.2, 0.25) is 0 Å². The van der Waals surface area contributed by atoms with Crippen molar-refractivity contribution in [2.45, 2.75) is 20.3 Å². The van der Waals surface area contributed by atoms with Gasteiger partial charge < -0.3 is 9.64 Å². The average molecular weight is 346 g/mol. The molecule has 0 aliphatic rings. The van der Waals surface area contributed by atoms with Crippen LogP contribution in [-0.2, 0) is 9.53 Å². The molecule has 0 saturated heterocycles. The Morgan fingerprint density at radius 1 is 1.50 bits per heavy atom. The third-order valence-electron chi connectivity index (χ3n) is 2.49. The number of pyridine rings is 1. The maximum Gasteiger partial charge on any atom is 0.325 e. The first kappa shape index (κ1) is 16.4. The van der Waals surface area contributed by atoms with Crippen molar-refractivity contribution in [3.05, 3.63) is 27.0 Å². The Balaban J connectivity index is 3.13. The molecule has 0 radical (unpaired) electrons. The Labute approximate surface area is 125 Å². The van der Waals surface area contributed by atoms with Crippen LogP contribution in [0.1, 0.15) is 20.3 Å². The van der Waals surface area contributed by atoms with Gasteiger partial charge in [-0.15, -0.1) is 0 Å². The highest BCUT2D eigenvalue weighted by Crippen LogP contribution is 2.34. The molecule has 1 aromatic rings. The van der Waals surface area contributed by atoms with Crippen LogP contribution in [-0.4, -0.2) is 35.6 Å². The summed E-state index contributed by atoms with van der Waals surface area (Å²) in [5, 5.41) is 11.1. The highest BCUT2D eigenvalue weighted by molar-refractivity contribution is 9.10. The minimum Gasteiger partial charge on any atom is -0.465 e. The van der Waals surface area contributed by atoms with Gasteiger partial charge in [-0.3, -0.25) is 19.9 Å². The number of carbonyl (C=O) groups excluding carboxylic acids is 1. The Morgan fingerprint density at radius 3 is 2.75 bits per heavy atom. The minimum atomic E-state index is -0.513. The molecule has 0 spiro atoms. The summed E-state index contributed by atoms with van der Waals surface area (Å²) in [6.07, 6.45) is 3.38. The molecule has 0 bridgehead atoms. The molecule has 0 saturated carbocycles. The summed E-state index contributed by atoms with van der Waals surface area (Å²) < 4.78 is 5.38. The number of hydrogen-bond donors (Lipinski definition) is 0. The first-order chi connectivity index (χ1) is 9.51. The summed E-state index contributed by atoms with van der Waals surface area (Å²) in [5.74, 6) is -0.418. The van der Waals surface area contributed by atoms with Crippen molar-refractivity contribution in [2.24, 2.45) is 0 Å². The number of ether oxygens (including phenoxy) is 1. The van der Waals surface area contributed by atoms with Crippen molar-refractivity contribution in [1.29, 1.82) is 0 Å². The number of nitro groups is 1. The number of hydrogen-bond acceptors (Lipinski definition) is 6. The van der Waals surface area contributed by atoms with E-state index in [2.05, 4.69) is 20.9 Å². The summed E-state index contributed by atoms with van der Waals surface area (Å²) in [4.78, 5) is 27.6. The molecule has 8 heteroatoms. The smallest absolute Gasteiger partial charge is 0.325 e. The van der Waals surface area contributed by atoms with Crippen LogP contribution in [0.15, 0.2) is 16.9 Å². The molecule has 0 amide bonds. The van der Waals surface area contributed by atoms with E-state index in [4.69, 9.17) is 4.74 Å². The Bertz CT molecular complexity index is 496. The fourth-order valence-electron chi connectivity index (χ4n) is 1.77. The molecule has 0 unspecified atom stereocenters. The first-order valence-corrected chi connectivity index (χ1v) is 6.99. The van der Waals surface area contributed by atoms with Crippen molar-refractivity contribution in [3.8, 4) is 0 Å². The lowest BCUT2D eigenvalue weighted by Gasteiger charge is -2.23. The van der Waals surface area contributed by atoms with Gasteiger partial charge >= 0.3 is 11.7 Å². The van der Waals surface area contributed by atoms with Crippen LogP contribution in [0.2, 0.25) is 0 Å². The summed E-state index contributed by atoms with van der Waals surface area (Å²) in [6, 6.07) is 0. The topological polar surface area (TPSA) is 85.6 Å². The second-order valence-electron chi connectivity index (χ2n) is 3.97. The number of halogens is 1. The van der Waals surface area contributed by atoms with Crippen LogP contribution in [0.4, 0.5) is 11.4 Å². The molecule has 0 aliphatic carbocycles. The molecule has 0 aliphatic heterocycles. The van der Waals surface area contributed by atoms with Crippen molar-refractivity contribution in [2.75, 3.05) is 24.6 Å². The molecule has 110 valence electrons. The van der Waals surface area contributed by atoms with Gasteiger partial charge in [0.25, 0.3) is 0 Å². The van der Waals surface area contributed by atoms with Crippen LogP contribution in [0.25, 0.3) is 0 Å². The summed E-state index contributed by atoms with van der Waals surface area (Å²) >= 11 is 3.25. The third kappa shape index (κ3) is 4.16. The molecule has 20 heavy (non-hydrogen) atoms. The highest BCUT2D eigenvalue weighted by Gasteiger charge is 2.24. The Kier molecular flexibility index (Phi) is 6.37. The lowest BCUT2D eigenvalue weighted by Crippen LogP contribution is -2.32. The van der Waals surface area contributed by atoms with E-state index in [0.717, 1.165) is 6.42 Å².